The van der Waals surface area contributed by atoms with Crippen LogP contribution in [0.15, 0.2) is 60.7 Å². The Morgan fingerprint density at radius 1 is 1.00 bits per heavy atom. The Balaban J connectivity index is 1.74. The van der Waals surface area contributed by atoms with Crippen molar-refractivity contribution in [3.63, 3.8) is 0 Å². The number of benzene rings is 2. The van der Waals surface area contributed by atoms with Crippen LogP contribution < -0.4 is 10.6 Å². The predicted molar refractivity (Wildman–Crippen MR) is 106 cm³/mol. The van der Waals surface area contributed by atoms with Gasteiger partial charge in [0.05, 0.1) is 0 Å². The average Bonchev–Trinajstić information content (AvgIpc) is 2.73. The number of carbonyl (C=O) groups excluding carboxylic acids is 2. The second-order valence-corrected chi connectivity index (χ2v) is 7.01. The summed E-state index contributed by atoms with van der Waals surface area (Å²) in [6, 6.07) is 17.8. The molecular weight excluding hydrogens is 338 g/mol. The van der Waals surface area contributed by atoms with Crippen LogP contribution in [0.4, 0.5) is 0 Å². The maximum Gasteiger partial charge on any atom is 0.252 e. The van der Waals surface area contributed by atoms with Gasteiger partial charge in [-0.1, -0.05) is 48.5 Å². The molecule has 1 unspecified atom stereocenters. The molecule has 5 nitrogen and oxygen atoms in total. The summed E-state index contributed by atoms with van der Waals surface area (Å²) < 4.78 is 0. The lowest BCUT2D eigenvalue weighted by Gasteiger charge is -2.34. The van der Waals surface area contributed by atoms with Crippen molar-refractivity contribution in [2.24, 2.45) is 5.92 Å². The molecule has 2 aromatic rings. The number of carbonyl (C=O) groups is 2. The molecule has 0 spiro atoms. The summed E-state index contributed by atoms with van der Waals surface area (Å²) >= 11 is 0. The van der Waals surface area contributed by atoms with Crippen molar-refractivity contribution in [2.75, 3.05) is 26.7 Å². The first-order valence-electron chi connectivity index (χ1n) is 9.53. The molecule has 5 heteroatoms. The average molecular weight is 365 g/mol. The van der Waals surface area contributed by atoms with Gasteiger partial charge in [0.25, 0.3) is 5.91 Å². The van der Waals surface area contributed by atoms with E-state index in [1.165, 1.54) is 0 Å². The zero-order valence-corrected chi connectivity index (χ0v) is 15.7. The van der Waals surface area contributed by atoms with E-state index in [2.05, 4.69) is 10.6 Å². The van der Waals surface area contributed by atoms with Crippen LogP contribution in [0.1, 0.15) is 34.8 Å². The van der Waals surface area contributed by atoms with Crippen LogP contribution in [0.25, 0.3) is 0 Å². The molecule has 142 valence electrons. The summed E-state index contributed by atoms with van der Waals surface area (Å²) in [4.78, 5) is 27.8. The third-order valence-electron chi connectivity index (χ3n) is 5.11. The molecule has 0 aliphatic carbocycles. The number of likely N-dealkylation sites (tertiary alicyclic amines) is 1. The molecule has 1 atom stereocenters. The fraction of sp³-hybridized carbons (Fsp3) is 0.364. The van der Waals surface area contributed by atoms with Crippen molar-refractivity contribution in [2.45, 2.75) is 18.9 Å². The highest BCUT2D eigenvalue weighted by molar-refractivity contribution is 5.97. The van der Waals surface area contributed by atoms with Gasteiger partial charge < -0.3 is 15.5 Å². The number of amides is 2. The first kappa shape index (κ1) is 19.1. The molecule has 2 aromatic carbocycles. The topological polar surface area (TPSA) is 61.4 Å². The van der Waals surface area contributed by atoms with Gasteiger partial charge in [-0.25, -0.2) is 0 Å². The Labute approximate surface area is 160 Å². The minimum Gasteiger partial charge on any atom is -0.341 e. The van der Waals surface area contributed by atoms with Crippen LogP contribution in [0.2, 0.25) is 0 Å². The van der Waals surface area contributed by atoms with Gasteiger partial charge in [0.1, 0.15) is 6.04 Å². The first-order chi connectivity index (χ1) is 13.2. The lowest BCUT2D eigenvalue weighted by molar-refractivity contribution is -0.134. The van der Waals surface area contributed by atoms with Gasteiger partial charge >= 0.3 is 0 Å². The Bertz CT molecular complexity index is 741. The van der Waals surface area contributed by atoms with Crippen molar-refractivity contribution in [1.29, 1.82) is 0 Å². The van der Waals surface area contributed by atoms with E-state index in [1.54, 1.807) is 12.1 Å². The number of nitrogens with zero attached hydrogens (tertiary/aromatic N) is 1. The highest BCUT2D eigenvalue weighted by Crippen LogP contribution is 2.22. The molecular formula is C22H27N3O2. The molecule has 1 aliphatic rings. The van der Waals surface area contributed by atoms with Gasteiger partial charge in [0, 0.05) is 18.7 Å². The minimum atomic E-state index is -0.667. The summed E-state index contributed by atoms with van der Waals surface area (Å²) in [5.41, 5.74) is 1.36. The molecule has 0 bridgehead atoms. The highest BCUT2D eigenvalue weighted by atomic mass is 16.2. The molecule has 27 heavy (non-hydrogen) atoms. The van der Waals surface area contributed by atoms with Crippen LogP contribution in [0.3, 0.4) is 0 Å². The highest BCUT2D eigenvalue weighted by Gasteiger charge is 2.30. The van der Waals surface area contributed by atoms with Crippen molar-refractivity contribution in [1.82, 2.24) is 15.5 Å². The number of nitrogens with one attached hydrogen (secondary N) is 2. The van der Waals surface area contributed by atoms with Gasteiger partial charge in [0.15, 0.2) is 0 Å². The Kier molecular flexibility index (Phi) is 6.60. The van der Waals surface area contributed by atoms with Crippen LogP contribution >= 0.6 is 0 Å². The molecule has 0 saturated carbocycles. The van der Waals surface area contributed by atoms with Crippen LogP contribution in [-0.2, 0) is 4.79 Å². The van der Waals surface area contributed by atoms with E-state index in [0.29, 0.717) is 11.5 Å². The van der Waals surface area contributed by atoms with Gasteiger partial charge in [-0.15, -0.1) is 0 Å². The largest absolute Gasteiger partial charge is 0.341 e. The fourth-order valence-electron chi connectivity index (χ4n) is 3.57. The van der Waals surface area contributed by atoms with Gasteiger partial charge in [-0.2, -0.15) is 0 Å². The van der Waals surface area contributed by atoms with E-state index in [-0.39, 0.29) is 11.8 Å². The van der Waals surface area contributed by atoms with E-state index in [9.17, 15) is 9.59 Å². The molecule has 1 fully saturated rings. The molecule has 3 rings (SSSR count). The fourth-order valence-corrected chi connectivity index (χ4v) is 3.57. The van der Waals surface area contributed by atoms with E-state index in [4.69, 9.17) is 0 Å². The SMILES string of the molecule is CNCC1CCN(C(=O)C(NC(=O)c2ccccc2)c2ccccc2)CC1. The number of hydrogen-bond acceptors (Lipinski definition) is 3. The second kappa shape index (κ2) is 9.33. The van der Waals surface area contributed by atoms with Crippen LogP contribution in [0.5, 0.6) is 0 Å². The summed E-state index contributed by atoms with van der Waals surface area (Å²) in [7, 11) is 1.96. The number of piperidine rings is 1. The van der Waals surface area contributed by atoms with E-state index >= 15 is 0 Å². The molecule has 2 N–H and O–H groups in total. The maximum atomic E-state index is 13.2. The molecule has 2 amide bonds. The quantitative estimate of drug-likeness (QED) is 0.827. The minimum absolute atomic E-state index is 0.0339. The van der Waals surface area contributed by atoms with E-state index < -0.39 is 6.04 Å². The molecule has 1 aliphatic heterocycles. The maximum absolute atomic E-state index is 13.2. The Morgan fingerprint density at radius 2 is 1.59 bits per heavy atom. The third kappa shape index (κ3) is 4.95. The van der Waals surface area contributed by atoms with E-state index in [1.807, 2.05) is 60.5 Å². The second-order valence-electron chi connectivity index (χ2n) is 7.01. The van der Waals surface area contributed by atoms with Crippen molar-refractivity contribution >= 4 is 11.8 Å². The monoisotopic (exact) mass is 365 g/mol. The van der Waals surface area contributed by atoms with Gasteiger partial charge in [0.2, 0.25) is 5.91 Å². The van der Waals surface area contributed by atoms with E-state index in [0.717, 1.165) is 38.0 Å². The third-order valence-corrected chi connectivity index (χ3v) is 5.11. The Morgan fingerprint density at radius 3 is 2.19 bits per heavy atom. The zero-order valence-electron chi connectivity index (χ0n) is 15.7. The summed E-state index contributed by atoms with van der Waals surface area (Å²) in [6.45, 7) is 2.44. The molecule has 0 aromatic heterocycles. The smallest absolute Gasteiger partial charge is 0.252 e. The van der Waals surface area contributed by atoms with Crippen molar-refractivity contribution < 1.29 is 9.59 Å². The van der Waals surface area contributed by atoms with Gasteiger partial charge in [-0.05, 0) is 50.0 Å². The van der Waals surface area contributed by atoms with Crippen LogP contribution in [0, 0.1) is 5.92 Å². The normalized spacial score (nSPS) is 16.0. The number of rotatable bonds is 6. The lowest BCUT2D eigenvalue weighted by Crippen LogP contribution is -2.46. The summed E-state index contributed by atoms with van der Waals surface area (Å²) in [6.07, 6.45) is 1.97. The summed E-state index contributed by atoms with van der Waals surface area (Å²) in [5, 5.41) is 6.15. The molecule has 0 radical (unpaired) electrons. The van der Waals surface area contributed by atoms with Crippen LogP contribution in [-0.4, -0.2) is 43.4 Å². The lowest BCUT2D eigenvalue weighted by atomic mass is 9.95. The molecule has 1 heterocycles. The Hall–Kier alpha value is -2.66. The first-order valence-corrected chi connectivity index (χ1v) is 9.53. The standard InChI is InChI=1S/C22H27N3O2/c1-23-16-17-12-14-25(15-13-17)22(27)20(18-8-4-2-5-9-18)24-21(26)19-10-6-3-7-11-19/h2-11,17,20,23H,12-16H2,1H3,(H,24,26). The van der Waals surface area contributed by atoms with Crippen molar-refractivity contribution in [3.8, 4) is 0 Å². The number of hydrogen-bond donors (Lipinski definition) is 2. The predicted octanol–water partition coefficient (Wildman–Crippen LogP) is 2.62. The van der Waals surface area contributed by atoms with Crippen molar-refractivity contribution in [3.05, 3.63) is 71.8 Å². The zero-order chi connectivity index (χ0) is 19.1. The summed E-state index contributed by atoms with van der Waals surface area (Å²) in [5.74, 6) is 0.337. The van der Waals surface area contributed by atoms with Gasteiger partial charge in [-0.3, -0.25) is 9.59 Å². The molecule has 1 saturated heterocycles.